The molecule has 0 fully saturated rings. The van der Waals surface area contributed by atoms with Crippen LogP contribution in [-0.2, 0) is 17.6 Å². The normalized spacial score (nSPS) is 16.0. The molecule has 4 heteroatoms. The Morgan fingerprint density at radius 1 is 1.33 bits per heavy atom. The van der Waals surface area contributed by atoms with Crippen LogP contribution in [0, 0.1) is 0 Å². The molecule has 1 aromatic heterocycles. The molecule has 0 radical (unpaired) electrons. The number of nitrogens with zero attached hydrogens (tertiary/aromatic N) is 1. The Balaban J connectivity index is 1.96. The number of benzene rings is 1. The summed E-state index contributed by atoms with van der Waals surface area (Å²) in [6.45, 7) is 2.19. The third-order valence-corrected chi connectivity index (χ3v) is 6.45. The highest BCUT2D eigenvalue weighted by atomic mass is 79.9. The van der Waals surface area contributed by atoms with Crippen LogP contribution in [0.3, 0.4) is 0 Å². The Morgan fingerprint density at radius 3 is 2.90 bits per heavy atom. The minimum atomic E-state index is 0.206. The molecule has 0 aliphatic carbocycles. The van der Waals surface area contributed by atoms with Crippen LogP contribution in [0.4, 0.5) is 5.69 Å². The topological polar surface area (TPSA) is 20.3 Å². The van der Waals surface area contributed by atoms with E-state index in [1.165, 1.54) is 21.6 Å². The van der Waals surface area contributed by atoms with Gasteiger partial charge in [0.1, 0.15) is 0 Å². The molecule has 1 atom stereocenters. The Kier molecular flexibility index (Phi) is 4.18. The van der Waals surface area contributed by atoms with Gasteiger partial charge in [-0.2, -0.15) is 0 Å². The Bertz CT molecular complexity index is 679. The molecule has 21 heavy (non-hydrogen) atoms. The number of carbonyl (C=O) groups excluding carboxylic acids is 1. The SMILES string of the molecule is CCc1ccsc1C(Br)c1ccc2c(c1)CCC(=O)N2C. The van der Waals surface area contributed by atoms with Gasteiger partial charge in [-0.05, 0) is 47.0 Å². The van der Waals surface area contributed by atoms with Crippen LogP contribution in [0.1, 0.15) is 39.7 Å². The number of hydrogen-bond donors (Lipinski definition) is 0. The summed E-state index contributed by atoms with van der Waals surface area (Å²) in [6.07, 6.45) is 2.51. The zero-order valence-corrected chi connectivity index (χ0v) is 14.6. The van der Waals surface area contributed by atoms with Gasteiger partial charge in [0.05, 0.1) is 4.83 Å². The summed E-state index contributed by atoms with van der Waals surface area (Å²) in [4.78, 5) is 15.2. The van der Waals surface area contributed by atoms with Gasteiger partial charge in [0.2, 0.25) is 5.91 Å². The largest absolute Gasteiger partial charge is 0.315 e. The molecular weight excluding hydrogens is 346 g/mol. The number of carbonyl (C=O) groups is 1. The number of hydrogen-bond acceptors (Lipinski definition) is 2. The molecular formula is C17H18BrNOS. The molecule has 2 aromatic rings. The molecule has 1 aliphatic rings. The fourth-order valence-electron chi connectivity index (χ4n) is 2.85. The fourth-order valence-corrected chi connectivity index (χ4v) is 4.75. The molecule has 1 aromatic carbocycles. The van der Waals surface area contributed by atoms with Crippen molar-refractivity contribution in [2.75, 3.05) is 11.9 Å². The molecule has 1 aliphatic heterocycles. The first kappa shape index (κ1) is 14.8. The zero-order valence-electron chi connectivity index (χ0n) is 12.2. The highest BCUT2D eigenvalue weighted by Crippen LogP contribution is 2.39. The molecule has 0 N–H and O–H groups in total. The Morgan fingerprint density at radius 2 is 2.14 bits per heavy atom. The molecule has 1 amide bonds. The Hall–Kier alpha value is -1.13. The van der Waals surface area contributed by atoms with Crippen molar-refractivity contribution in [1.29, 1.82) is 0 Å². The molecule has 2 nitrogen and oxygen atoms in total. The lowest BCUT2D eigenvalue weighted by atomic mass is 9.97. The van der Waals surface area contributed by atoms with Crippen LogP contribution in [-0.4, -0.2) is 13.0 Å². The second-order valence-electron chi connectivity index (χ2n) is 5.37. The molecule has 0 bridgehead atoms. The van der Waals surface area contributed by atoms with Gasteiger partial charge in [-0.1, -0.05) is 35.0 Å². The first-order valence-electron chi connectivity index (χ1n) is 7.21. The van der Waals surface area contributed by atoms with E-state index in [0.717, 1.165) is 18.5 Å². The van der Waals surface area contributed by atoms with Crippen molar-refractivity contribution in [1.82, 2.24) is 0 Å². The average Bonchev–Trinajstić information content (AvgIpc) is 2.98. The van der Waals surface area contributed by atoms with E-state index in [0.29, 0.717) is 6.42 Å². The number of halogens is 1. The van der Waals surface area contributed by atoms with Gasteiger partial charge in [0.15, 0.2) is 0 Å². The number of aryl methyl sites for hydroxylation is 2. The van der Waals surface area contributed by atoms with E-state index in [2.05, 4.69) is 52.5 Å². The van der Waals surface area contributed by atoms with Crippen LogP contribution >= 0.6 is 27.3 Å². The smallest absolute Gasteiger partial charge is 0.227 e. The van der Waals surface area contributed by atoms with E-state index in [4.69, 9.17) is 0 Å². The van der Waals surface area contributed by atoms with E-state index in [1.54, 1.807) is 16.2 Å². The molecule has 3 rings (SSSR count). The monoisotopic (exact) mass is 363 g/mol. The minimum absolute atomic E-state index is 0.206. The quantitative estimate of drug-likeness (QED) is 0.723. The molecule has 2 heterocycles. The van der Waals surface area contributed by atoms with E-state index in [-0.39, 0.29) is 10.7 Å². The van der Waals surface area contributed by atoms with Crippen LogP contribution in [0.25, 0.3) is 0 Å². The lowest BCUT2D eigenvalue weighted by Gasteiger charge is -2.26. The molecule has 1 unspecified atom stereocenters. The second kappa shape index (κ2) is 5.93. The first-order valence-corrected chi connectivity index (χ1v) is 9.01. The van der Waals surface area contributed by atoms with Crippen molar-refractivity contribution in [3.8, 4) is 0 Å². The van der Waals surface area contributed by atoms with Gasteiger partial charge >= 0.3 is 0 Å². The highest BCUT2D eigenvalue weighted by molar-refractivity contribution is 9.09. The number of rotatable bonds is 3. The number of amides is 1. The zero-order chi connectivity index (χ0) is 15.0. The molecule has 0 saturated heterocycles. The summed E-state index contributed by atoms with van der Waals surface area (Å²) in [5.74, 6) is 0.206. The summed E-state index contributed by atoms with van der Waals surface area (Å²) >= 11 is 5.65. The van der Waals surface area contributed by atoms with Crippen molar-refractivity contribution in [2.24, 2.45) is 0 Å². The molecule has 110 valence electrons. The third kappa shape index (κ3) is 2.67. The maximum absolute atomic E-state index is 11.8. The number of anilines is 1. The van der Waals surface area contributed by atoms with E-state index in [1.807, 2.05) is 7.05 Å². The van der Waals surface area contributed by atoms with Crippen LogP contribution < -0.4 is 4.90 Å². The summed E-state index contributed by atoms with van der Waals surface area (Å²) in [5.41, 5.74) is 5.01. The van der Waals surface area contributed by atoms with Gasteiger partial charge in [0.25, 0.3) is 0 Å². The van der Waals surface area contributed by atoms with Gasteiger partial charge < -0.3 is 4.90 Å². The minimum Gasteiger partial charge on any atom is -0.315 e. The fraction of sp³-hybridized carbons (Fsp3) is 0.353. The summed E-state index contributed by atoms with van der Waals surface area (Å²) < 4.78 is 0. The van der Waals surface area contributed by atoms with Crippen molar-refractivity contribution in [2.45, 2.75) is 31.0 Å². The standard InChI is InChI=1S/C17H18BrNOS/c1-3-11-8-9-21-17(11)16(18)13-4-6-14-12(10-13)5-7-15(20)19(14)2/h4,6,8-10,16H,3,5,7H2,1-2H3. The second-order valence-corrected chi connectivity index (χ2v) is 7.23. The van der Waals surface area contributed by atoms with Crippen molar-refractivity contribution < 1.29 is 4.79 Å². The summed E-state index contributed by atoms with van der Waals surface area (Å²) in [5, 5.41) is 2.16. The lowest BCUT2D eigenvalue weighted by Crippen LogP contribution is -2.31. The van der Waals surface area contributed by atoms with Crippen molar-refractivity contribution in [3.05, 3.63) is 51.2 Å². The van der Waals surface area contributed by atoms with Gasteiger partial charge in [-0.15, -0.1) is 11.3 Å². The number of alkyl halides is 1. The number of thiophene rings is 1. The molecule has 0 saturated carbocycles. The third-order valence-electron chi connectivity index (χ3n) is 4.13. The van der Waals surface area contributed by atoms with E-state index < -0.39 is 0 Å². The van der Waals surface area contributed by atoms with E-state index >= 15 is 0 Å². The highest BCUT2D eigenvalue weighted by Gasteiger charge is 2.23. The lowest BCUT2D eigenvalue weighted by molar-refractivity contribution is -0.118. The maximum atomic E-state index is 11.8. The van der Waals surface area contributed by atoms with Crippen molar-refractivity contribution in [3.63, 3.8) is 0 Å². The van der Waals surface area contributed by atoms with Crippen molar-refractivity contribution >= 4 is 38.9 Å². The van der Waals surface area contributed by atoms with Gasteiger partial charge in [0, 0.05) is 24.0 Å². The van der Waals surface area contributed by atoms with Gasteiger partial charge in [-0.25, -0.2) is 0 Å². The number of fused-ring (bicyclic) bond motifs is 1. The van der Waals surface area contributed by atoms with Gasteiger partial charge in [-0.3, -0.25) is 4.79 Å². The van der Waals surface area contributed by atoms with Crippen LogP contribution in [0.15, 0.2) is 29.6 Å². The predicted molar refractivity (Wildman–Crippen MR) is 92.6 cm³/mol. The van der Waals surface area contributed by atoms with Crippen LogP contribution in [0.2, 0.25) is 0 Å². The first-order chi connectivity index (χ1) is 10.1. The average molecular weight is 364 g/mol. The maximum Gasteiger partial charge on any atom is 0.227 e. The molecule has 0 spiro atoms. The summed E-state index contributed by atoms with van der Waals surface area (Å²) in [6, 6.07) is 8.66. The Labute approximate surface area is 137 Å². The van der Waals surface area contributed by atoms with Crippen LogP contribution in [0.5, 0.6) is 0 Å². The van der Waals surface area contributed by atoms with E-state index in [9.17, 15) is 4.79 Å². The summed E-state index contributed by atoms with van der Waals surface area (Å²) in [7, 11) is 1.86. The predicted octanol–water partition coefficient (Wildman–Crippen LogP) is 4.70.